The number of aromatic nitrogens is 1. The van der Waals surface area contributed by atoms with Crippen LogP contribution in [0.2, 0.25) is 5.02 Å². The SMILES string of the molecule is CN1CCN(C(=O)c2ccc(-c3cnc(N)c(OCc4c(F)cccc4Cl)c3)cc2)CC1. The maximum atomic E-state index is 14.0. The molecule has 2 aromatic carbocycles. The molecule has 1 saturated heterocycles. The fourth-order valence-electron chi connectivity index (χ4n) is 3.55. The van der Waals surface area contributed by atoms with E-state index in [1.54, 1.807) is 18.3 Å². The molecule has 0 radical (unpaired) electrons. The third-order valence-corrected chi connectivity index (χ3v) is 5.93. The Hall–Kier alpha value is -3.16. The molecule has 8 heteroatoms. The van der Waals surface area contributed by atoms with Gasteiger partial charge in [0.15, 0.2) is 11.6 Å². The van der Waals surface area contributed by atoms with Gasteiger partial charge < -0.3 is 20.3 Å². The number of carbonyl (C=O) groups is 1. The predicted molar refractivity (Wildman–Crippen MR) is 123 cm³/mol. The van der Waals surface area contributed by atoms with Crippen LogP contribution in [0.4, 0.5) is 10.2 Å². The molecular formula is C24H24ClFN4O2. The highest BCUT2D eigenvalue weighted by atomic mass is 35.5. The molecule has 2 N–H and O–H groups in total. The molecule has 0 saturated carbocycles. The van der Waals surface area contributed by atoms with Crippen molar-refractivity contribution in [2.75, 3.05) is 39.0 Å². The van der Waals surface area contributed by atoms with Crippen LogP contribution in [0.3, 0.4) is 0 Å². The number of pyridine rings is 1. The quantitative estimate of drug-likeness (QED) is 0.628. The molecule has 6 nitrogen and oxygen atoms in total. The molecule has 1 aliphatic heterocycles. The number of carbonyl (C=O) groups excluding carboxylic acids is 1. The lowest BCUT2D eigenvalue weighted by atomic mass is 10.0. The molecule has 0 spiro atoms. The average Bonchev–Trinajstić information content (AvgIpc) is 2.80. The van der Waals surface area contributed by atoms with Crippen LogP contribution in [0.15, 0.2) is 54.7 Å². The van der Waals surface area contributed by atoms with Crippen LogP contribution >= 0.6 is 11.6 Å². The van der Waals surface area contributed by atoms with Crippen molar-refractivity contribution in [1.82, 2.24) is 14.8 Å². The monoisotopic (exact) mass is 454 g/mol. The van der Waals surface area contributed by atoms with Gasteiger partial charge in [0.25, 0.3) is 5.91 Å². The van der Waals surface area contributed by atoms with Crippen LogP contribution in [0.25, 0.3) is 11.1 Å². The second-order valence-electron chi connectivity index (χ2n) is 7.77. The third kappa shape index (κ3) is 4.84. The Bertz CT molecular complexity index is 1100. The van der Waals surface area contributed by atoms with Gasteiger partial charge in [-0.1, -0.05) is 29.8 Å². The van der Waals surface area contributed by atoms with Crippen molar-refractivity contribution >= 4 is 23.3 Å². The second kappa shape index (κ2) is 9.54. The van der Waals surface area contributed by atoms with Gasteiger partial charge in [-0.15, -0.1) is 0 Å². The zero-order valence-electron chi connectivity index (χ0n) is 17.7. The molecule has 1 aromatic heterocycles. The lowest BCUT2D eigenvalue weighted by Gasteiger charge is -2.32. The molecule has 1 amide bonds. The number of benzene rings is 2. The predicted octanol–water partition coefficient (Wildman–Crippen LogP) is 4.09. The number of halogens is 2. The third-order valence-electron chi connectivity index (χ3n) is 5.57. The molecule has 0 aliphatic carbocycles. The smallest absolute Gasteiger partial charge is 0.253 e. The highest BCUT2D eigenvalue weighted by molar-refractivity contribution is 6.31. The standard InChI is InChI=1S/C24H24ClFN4O2/c1-29-9-11-30(12-10-29)24(31)17-7-5-16(6-8-17)18-13-22(23(27)28-14-18)32-15-19-20(25)3-2-4-21(19)26/h2-8,13-14H,9-12,15H2,1H3,(H2,27,28). The number of nitrogens with zero attached hydrogens (tertiary/aromatic N) is 3. The van der Waals surface area contributed by atoms with Crippen molar-refractivity contribution in [3.8, 4) is 16.9 Å². The van der Waals surface area contributed by atoms with Crippen LogP contribution in [-0.4, -0.2) is 53.9 Å². The van der Waals surface area contributed by atoms with Crippen molar-refractivity contribution < 1.29 is 13.9 Å². The molecule has 1 fully saturated rings. The van der Waals surface area contributed by atoms with E-state index in [4.69, 9.17) is 22.1 Å². The van der Waals surface area contributed by atoms with E-state index >= 15 is 0 Å². The number of ether oxygens (including phenoxy) is 1. The first-order valence-electron chi connectivity index (χ1n) is 10.3. The van der Waals surface area contributed by atoms with E-state index in [1.807, 2.05) is 29.2 Å². The molecule has 2 heterocycles. The summed E-state index contributed by atoms with van der Waals surface area (Å²) in [6.07, 6.45) is 1.63. The zero-order chi connectivity index (χ0) is 22.7. The minimum absolute atomic E-state index is 0.0332. The van der Waals surface area contributed by atoms with Gasteiger partial charge in [0.1, 0.15) is 12.4 Å². The minimum atomic E-state index is -0.444. The van der Waals surface area contributed by atoms with Crippen LogP contribution < -0.4 is 10.5 Å². The van der Waals surface area contributed by atoms with E-state index in [1.165, 1.54) is 12.1 Å². The fraction of sp³-hybridized carbons (Fsp3) is 0.250. The van der Waals surface area contributed by atoms with Gasteiger partial charge in [-0.3, -0.25) is 4.79 Å². The first kappa shape index (κ1) is 22.0. The average molecular weight is 455 g/mol. The van der Waals surface area contributed by atoms with E-state index in [-0.39, 0.29) is 28.9 Å². The Labute approximate surface area is 191 Å². The Morgan fingerprint density at radius 1 is 1.12 bits per heavy atom. The summed E-state index contributed by atoms with van der Waals surface area (Å²) in [7, 11) is 2.06. The highest BCUT2D eigenvalue weighted by Crippen LogP contribution is 2.29. The Balaban J connectivity index is 1.48. The van der Waals surface area contributed by atoms with Gasteiger partial charge in [-0.25, -0.2) is 9.37 Å². The van der Waals surface area contributed by atoms with Crippen molar-refractivity contribution in [3.63, 3.8) is 0 Å². The van der Waals surface area contributed by atoms with Crippen LogP contribution in [0, 0.1) is 5.82 Å². The van der Waals surface area contributed by atoms with Gasteiger partial charge in [-0.2, -0.15) is 0 Å². The zero-order valence-corrected chi connectivity index (χ0v) is 18.5. The second-order valence-corrected chi connectivity index (χ2v) is 8.18. The number of nitrogen functional groups attached to an aromatic ring is 1. The van der Waals surface area contributed by atoms with Gasteiger partial charge in [0.05, 0.1) is 5.02 Å². The molecule has 32 heavy (non-hydrogen) atoms. The largest absolute Gasteiger partial charge is 0.485 e. The molecule has 3 aromatic rings. The van der Waals surface area contributed by atoms with Crippen molar-refractivity contribution in [2.45, 2.75) is 6.61 Å². The molecule has 166 valence electrons. The Morgan fingerprint density at radius 2 is 1.84 bits per heavy atom. The minimum Gasteiger partial charge on any atom is -0.485 e. The van der Waals surface area contributed by atoms with Crippen LogP contribution in [-0.2, 0) is 6.61 Å². The number of amides is 1. The summed E-state index contributed by atoms with van der Waals surface area (Å²) in [6, 6.07) is 13.6. The lowest BCUT2D eigenvalue weighted by Crippen LogP contribution is -2.47. The summed E-state index contributed by atoms with van der Waals surface area (Å²) in [6.45, 7) is 3.14. The van der Waals surface area contributed by atoms with E-state index < -0.39 is 5.82 Å². The Morgan fingerprint density at radius 3 is 2.53 bits per heavy atom. The first-order valence-corrected chi connectivity index (χ1v) is 10.7. The molecule has 0 atom stereocenters. The molecule has 0 bridgehead atoms. The Kier molecular flexibility index (Phi) is 6.58. The maximum absolute atomic E-state index is 14.0. The van der Waals surface area contributed by atoms with Crippen molar-refractivity contribution in [3.05, 3.63) is 76.7 Å². The molecular weight excluding hydrogens is 431 g/mol. The number of likely N-dealkylation sites (N-methyl/N-ethyl adjacent to an activating group) is 1. The van der Waals surface area contributed by atoms with Gasteiger partial charge >= 0.3 is 0 Å². The summed E-state index contributed by atoms with van der Waals surface area (Å²) < 4.78 is 19.7. The van der Waals surface area contributed by atoms with Gasteiger partial charge in [0, 0.05) is 49.1 Å². The van der Waals surface area contributed by atoms with Crippen molar-refractivity contribution in [2.24, 2.45) is 0 Å². The number of nitrogens with two attached hydrogens (primary N) is 1. The normalized spacial score (nSPS) is 14.4. The van der Waals surface area contributed by atoms with E-state index in [2.05, 4.69) is 16.9 Å². The van der Waals surface area contributed by atoms with Crippen LogP contribution in [0.5, 0.6) is 5.75 Å². The summed E-state index contributed by atoms with van der Waals surface area (Å²) in [4.78, 5) is 21.0. The van der Waals surface area contributed by atoms with Gasteiger partial charge in [0.2, 0.25) is 0 Å². The van der Waals surface area contributed by atoms with Crippen molar-refractivity contribution in [1.29, 1.82) is 0 Å². The number of anilines is 1. The van der Waals surface area contributed by atoms with Gasteiger partial charge in [-0.05, 0) is 42.9 Å². The topological polar surface area (TPSA) is 71.7 Å². The first-order chi connectivity index (χ1) is 15.4. The van der Waals surface area contributed by atoms with E-state index in [0.717, 1.165) is 37.3 Å². The lowest BCUT2D eigenvalue weighted by molar-refractivity contribution is 0.0664. The number of hydrogen-bond donors (Lipinski definition) is 1. The summed E-state index contributed by atoms with van der Waals surface area (Å²) in [5.74, 6) is 0.120. The number of rotatable bonds is 5. The number of hydrogen-bond acceptors (Lipinski definition) is 5. The highest BCUT2D eigenvalue weighted by Gasteiger charge is 2.20. The maximum Gasteiger partial charge on any atom is 0.253 e. The van der Waals surface area contributed by atoms with Crippen LogP contribution in [0.1, 0.15) is 15.9 Å². The summed E-state index contributed by atoms with van der Waals surface area (Å²) in [5.41, 5.74) is 8.48. The van der Waals surface area contributed by atoms with E-state index in [0.29, 0.717) is 11.3 Å². The fourth-order valence-corrected chi connectivity index (χ4v) is 3.76. The summed E-state index contributed by atoms with van der Waals surface area (Å²) in [5, 5.41) is 0.285. The van der Waals surface area contributed by atoms with E-state index in [9.17, 15) is 9.18 Å². The summed E-state index contributed by atoms with van der Waals surface area (Å²) >= 11 is 6.07. The molecule has 4 rings (SSSR count). The number of piperazine rings is 1. The molecule has 1 aliphatic rings. The molecule has 0 unspecified atom stereocenters.